The maximum atomic E-state index is 13.9. The van der Waals surface area contributed by atoms with E-state index < -0.39 is 23.8 Å². The van der Waals surface area contributed by atoms with Crippen LogP contribution < -0.4 is 36.0 Å². The Morgan fingerprint density at radius 2 is 1.21 bits per heavy atom. The minimum absolute atomic E-state index is 0.0126. The minimum atomic E-state index is -0.628. The van der Waals surface area contributed by atoms with Crippen LogP contribution in [0.3, 0.4) is 0 Å². The van der Waals surface area contributed by atoms with Gasteiger partial charge in [-0.15, -0.1) is 0 Å². The second-order valence-electron chi connectivity index (χ2n) is 26.5. The van der Waals surface area contributed by atoms with Crippen molar-refractivity contribution in [2.24, 2.45) is 7.05 Å². The molecule has 4 aliphatic rings. The van der Waals surface area contributed by atoms with Gasteiger partial charge in [0.2, 0.25) is 23.7 Å². The molecule has 4 fully saturated rings. The number of rotatable bonds is 52. The van der Waals surface area contributed by atoms with E-state index in [0.717, 1.165) is 103 Å². The van der Waals surface area contributed by atoms with Crippen molar-refractivity contribution in [1.29, 1.82) is 0 Å². The molecule has 2 aromatic carbocycles. The monoisotopic (exact) mass is 1500 g/mol. The number of methoxy groups -OCH3 is 3. The zero-order chi connectivity index (χ0) is 75.3. The quantitative estimate of drug-likeness (QED) is 0.0310. The number of amides is 5. The Morgan fingerprint density at radius 1 is 0.636 bits per heavy atom. The number of aromatic amines is 1. The molecule has 1 saturated carbocycles. The Hall–Kier alpha value is -7.33. The number of hydrogen-bond donors (Lipinski definition) is 4. The van der Waals surface area contributed by atoms with Crippen molar-refractivity contribution in [2.45, 2.75) is 82.1 Å². The highest BCUT2D eigenvalue weighted by Crippen LogP contribution is 2.38. The Kier molecular flexibility index (Phi) is 36.2. The largest absolute Gasteiger partial charge is 0.495 e. The van der Waals surface area contributed by atoms with Gasteiger partial charge in [0.05, 0.1) is 202 Å². The molecule has 3 saturated heterocycles. The number of imide groups is 1. The average Bonchev–Trinajstić information content (AvgIpc) is 1.70. The molecular formula is C76H111N11O20. The van der Waals surface area contributed by atoms with Crippen LogP contribution in [0.25, 0.3) is 32.9 Å². The first kappa shape index (κ1) is 83.7. The van der Waals surface area contributed by atoms with Crippen LogP contribution in [0.5, 0.6) is 5.75 Å². The number of aromatic nitrogens is 4. The Morgan fingerprint density at radius 3 is 1.78 bits per heavy atom. The SMILES string of the molecule is COCCOCCOCCOCCOCCOCCOCCOCCOCCOCCOCCOCCC(=O)NCC(=O)NCN1C(=O)CCN(c2cc(C#CCNC3(C)CCN(C4CCN(c5nc(C(COC)OC6CC6)c6cc(-c7cn(C)c(=O)c8[nH]ccc78)ccc6n5)CC4)CC3)ccc2OC)C1=O. The van der Waals surface area contributed by atoms with Gasteiger partial charge in [0.25, 0.3) is 5.56 Å². The Balaban J connectivity index is 0.583. The van der Waals surface area contributed by atoms with E-state index in [1.54, 1.807) is 44.2 Å². The summed E-state index contributed by atoms with van der Waals surface area (Å²) >= 11 is 0. The molecule has 5 aromatic rings. The lowest BCUT2D eigenvalue weighted by Crippen LogP contribution is -2.56. The maximum Gasteiger partial charge on any atom is 0.332 e. The van der Waals surface area contributed by atoms with Crippen molar-refractivity contribution in [2.75, 3.05) is 242 Å². The van der Waals surface area contributed by atoms with Crippen LogP contribution in [0.2, 0.25) is 0 Å². The molecule has 0 spiro atoms. The first-order valence-corrected chi connectivity index (χ1v) is 37.4. The number of anilines is 2. The van der Waals surface area contributed by atoms with E-state index >= 15 is 0 Å². The van der Waals surface area contributed by atoms with Crippen LogP contribution in [0.4, 0.5) is 16.4 Å². The van der Waals surface area contributed by atoms with Gasteiger partial charge in [-0.1, -0.05) is 17.9 Å². The number of likely N-dealkylation sites (tertiary alicyclic amines) is 1. The molecule has 0 radical (unpaired) electrons. The van der Waals surface area contributed by atoms with E-state index in [-0.39, 0.29) is 69.1 Å². The third kappa shape index (κ3) is 27.6. The fourth-order valence-corrected chi connectivity index (χ4v) is 12.5. The lowest BCUT2D eigenvalue weighted by atomic mass is 9.88. The van der Waals surface area contributed by atoms with Crippen LogP contribution in [0.1, 0.15) is 75.7 Å². The van der Waals surface area contributed by atoms with Crippen molar-refractivity contribution in [3.63, 3.8) is 0 Å². The molecule has 9 rings (SSSR count). The summed E-state index contributed by atoms with van der Waals surface area (Å²) in [6.07, 6.45) is 9.45. The first-order valence-electron chi connectivity index (χ1n) is 37.4. The highest BCUT2D eigenvalue weighted by Gasteiger charge is 2.37. The number of ether oxygens (including phenoxy) is 15. The number of hydrogen-bond acceptors (Lipinski definition) is 25. The van der Waals surface area contributed by atoms with Crippen molar-refractivity contribution in [3.05, 3.63) is 76.5 Å². The first-order chi connectivity index (χ1) is 52.3. The van der Waals surface area contributed by atoms with Crippen LogP contribution in [0, 0.1) is 11.8 Å². The summed E-state index contributed by atoms with van der Waals surface area (Å²) in [6, 6.07) is 13.3. The second-order valence-corrected chi connectivity index (χ2v) is 26.5. The van der Waals surface area contributed by atoms with E-state index in [1.165, 1.54) is 12.0 Å². The molecule has 6 heterocycles. The van der Waals surface area contributed by atoms with Crippen molar-refractivity contribution >= 4 is 57.2 Å². The van der Waals surface area contributed by atoms with Crippen LogP contribution >= 0.6 is 0 Å². The van der Waals surface area contributed by atoms with Crippen molar-refractivity contribution in [1.82, 2.24) is 45.3 Å². The number of fused-ring (bicyclic) bond motifs is 2. The lowest BCUT2D eigenvalue weighted by Gasteiger charge is -2.45. The second kappa shape index (κ2) is 46.2. The molecule has 107 heavy (non-hydrogen) atoms. The molecular weight excluding hydrogens is 1390 g/mol. The number of carbonyl (C=O) groups is 4. The normalized spacial score (nSPS) is 16.1. The number of piperidine rings is 2. The molecule has 1 unspecified atom stereocenters. The molecule has 590 valence electrons. The molecule has 1 aliphatic carbocycles. The van der Waals surface area contributed by atoms with Gasteiger partial charge in [-0.3, -0.25) is 24.1 Å². The zero-order valence-corrected chi connectivity index (χ0v) is 63.0. The minimum Gasteiger partial charge on any atom is -0.495 e. The van der Waals surface area contributed by atoms with Crippen LogP contribution in [-0.2, 0) is 87.7 Å². The van der Waals surface area contributed by atoms with E-state index in [4.69, 9.17) is 81.0 Å². The van der Waals surface area contributed by atoms with Gasteiger partial charge in [0.15, 0.2) is 0 Å². The molecule has 5 amide bonds. The number of pyridine rings is 1. The smallest absolute Gasteiger partial charge is 0.332 e. The number of carbonyl (C=O) groups excluding carboxylic acids is 4. The fourth-order valence-electron chi connectivity index (χ4n) is 12.5. The van der Waals surface area contributed by atoms with Gasteiger partial charge in [-0.05, 0) is 87.4 Å². The summed E-state index contributed by atoms with van der Waals surface area (Å²) < 4.78 is 84.9. The summed E-state index contributed by atoms with van der Waals surface area (Å²) in [5.74, 6) is 6.22. The molecule has 31 heteroatoms. The number of nitrogens with one attached hydrogen (secondary N) is 4. The lowest BCUT2D eigenvalue weighted by molar-refractivity contribution is -0.131. The maximum absolute atomic E-state index is 13.9. The predicted octanol–water partition coefficient (Wildman–Crippen LogP) is 4.38. The number of urea groups is 1. The molecule has 3 aliphatic heterocycles. The molecule has 0 bridgehead atoms. The summed E-state index contributed by atoms with van der Waals surface area (Å²) in [5, 5.41) is 10.6. The third-order valence-corrected chi connectivity index (χ3v) is 18.7. The third-order valence-electron chi connectivity index (χ3n) is 18.7. The highest BCUT2D eigenvalue weighted by molar-refractivity contribution is 6.06. The average molecular weight is 1500 g/mol. The van der Waals surface area contributed by atoms with Gasteiger partial charge in [0, 0.05) is 113 Å². The standard InChI is InChI=1S/C76H111N11O20/c1-76(19-26-84(27-20-76)59-15-23-85(24-16-59)74-81-64-12-9-58(63-54-83(2)73(91)72-61(63)14-22-77-72)52-62(64)71(82-74)67(55-94-4)107-60-10-11-60)80-21-6-7-57-8-13-66(95-5)65(51-57)86-25-17-70(90)87(75(86)92)56-79-69(89)53-78-68(88)18-28-96-31-32-98-35-36-100-39-40-102-43-44-104-47-48-106-50-49-105-46-45-103-42-41-101-38-37-99-34-33-97-30-29-93-3/h8-9,12-14,22,51-52,54,59-60,67,77,80H,10-11,15-21,23-50,53,55-56H2,1-5H3,(H,78,88)(H,79,89). The fraction of sp³-hybridized carbons (Fsp3) is 0.645. The van der Waals surface area contributed by atoms with Gasteiger partial charge in [0.1, 0.15) is 24.0 Å². The summed E-state index contributed by atoms with van der Waals surface area (Å²) in [4.78, 5) is 86.2. The van der Waals surface area contributed by atoms with Crippen molar-refractivity contribution in [3.8, 4) is 28.7 Å². The van der Waals surface area contributed by atoms with Crippen LogP contribution in [-0.4, -0.2) is 303 Å². The van der Waals surface area contributed by atoms with Gasteiger partial charge >= 0.3 is 6.03 Å². The van der Waals surface area contributed by atoms with Gasteiger partial charge in [-0.2, -0.15) is 0 Å². The number of benzene rings is 2. The summed E-state index contributed by atoms with van der Waals surface area (Å²) in [7, 11) is 6.61. The predicted molar refractivity (Wildman–Crippen MR) is 399 cm³/mol. The van der Waals surface area contributed by atoms with E-state index in [0.29, 0.717) is 186 Å². The highest BCUT2D eigenvalue weighted by atomic mass is 16.6. The Labute approximate surface area is 626 Å². The number of aryl methyl sites for hydroxylation is 1. The van der Waals surface area contributed by atoms with E-state index in [1.807, 2.05) is 18.3 Å². The van der Waals surface area contributed by atoms with E-state index in [9.17, 15) is 24.0 Å². The van der Waals surface area contributed by atoms with Gasteiger partial charge < -0.3 is 106 Å². The summed E-state index contributed by atoms with van der Waals surface area (Å²) in [5.41, 5.74) is 5.03. The molecule has 4 N–H and O–H groups in total. The topological polar surface area (TPSA) is 319 Å². The number of nitrogens with zero attached hydrogens (tertiary/aromatic N) is 7. The van der Waals surface area contributed by atoms with E-state index in [2.05, 4.69) is 67.7 Å². The summed E-state index contributed by atoms with van der Waals surface area (Å²) in [6.45, 7) is 16.1. The zero-order valence-electron chi connectivity index (χ0n) is 63.0. The molecule has 3 aromatic heterocycles. The Bertz CT molecular complexity index is 3650. The van der Waals surface area contributed by atoms with Gasteiger partial charge in [-0.25, -0.2) is 19.7 Å². The molecule has 1 atom stereocenters. The van der Waals surface area contributed by atoms with Crippen LogP contribution in [0.15, 0.2) is 59.7 Å². The number of H-pyrrole nitrogens is 1. The van der Waals surface area contributed by atoms with Crippen molar-refractivity contribution < 1.29 is 90.2 Å². The molecule has 31 nitrogen and oxygen atoms in total.